The fraction of sp³-hybridized carbons (Fsp3) is 0.200. The van der Waals surface area contributed by atoms with E-state index in [2.05, 4.69) is 37.1 Å². The van der Waals surface area contributed by atoms with Crippen LogP contribution in [0, 0.1) is 0 Å². The van der Waals surface area contributed by atoms with Gasteiger partial charge < -0.3 is 29.3 Å². The van der Waals surface area contributed by atoms with Crippen molar-refractivity contribution in [2.45, 2.75) is 13.5 Å². The number of hydrogen-bond acceptors (Lipinski definition) is 8. The largest absolute Gasteiger partial charge is 0.494 e. The zero-order chi connectivity index (χ0) is 26.6. The van der Waals surface area contributed by atoms with Crippen LogP contribution in [0.5, 0.6) is 17.2 Å². The van der Waals surface area contributed by atoms with Crippen molar-refractivity contribution in [3.05, 3.63) is 70.6 Å². The molecule has 12 heteroatoms. The van der Waals surface area contributed by atoms with Crippen molar-refractivity contribution in [1.29, 1.82) is 0 Å². The Bertz CT molecular complexity index is 1240. The minimum atomic E-state index is -0.938. The van der Waals surface area contributed by atoms with Crippen LogP contribution in [-0.2, 0) is 20.9 Å². The van der Waals surface area contributed by atoms with Crippen molar-refractivity contribution < 1.29 is 33.0 Å². The lowest BCUT2D eigenvalue weighted by atomic mass is 10.2. The predicted molar refractivity (Wildman–Crippen MR) is 139 cm³/mol. The summed E-state index contributed by atoms with van der Waals surface area (Å²) in [4.78, 5) is 36.1. The molecule has 1 aromatic heterocycles. The lowest BCUT2D eigenvalue weighted by Gasteiger charge is -2.13. The van der Waals surface area contributed by atoms with E-state index in [4.69, 9.17) is 18.6 Å². The Morgan fingerprint density at radius 1 is 1.08 bits per heavy atom. The molecular formula is C25H25BrN4O7. The van der Waals surface area contributed by atoms with Gasteiger partial charge in [-0.1, -0.05) is 0 Å². The molecule has 3 N–H and O–H groups in total. The summed E-state index contributed by atoms with van der Waals surface area (Å²) in [7, 11) is 1.45. The van der Waals surface area contributed by atoms with E-state index in [1.165, 1.54) is 19.6 Å². The highest BCUT2D eigenvalue weighted by Crippen LogP contribution is 2.36. The fourth-order valence-electron chi connectivity index (χ4n) is 2.97. The molecule has 0 bridgehead atoms. The number of hydrogen-bond donors (Lipinski definition) is 3. The number of ether oxygens (including phenoxy) is 3. The Hall–Kier alpha value is -4.32. The first-order valence-electron chi connectivity index (χ1n) is 11.1. The van der Waals surface area contributed by atoms with Crippen LogP contribution in [0.15, 0.2) is 68.8 Å². The number of carbonyl (C=O) groups excluding carboxylic acids is 3. The highest BCUT2D eigenvalue weighted by atomic mass is 79.9. The minimum Gasteiger partial charge on any atom is -0.494 e. The lowest BCUT2D eigenvalue weighted by Crippen LogP contribution is -2.37. The maximum absolute atomic E-state index is 12.3. The number of halogens is 1. The van der Waals surface area contributed by atoms with Gasteiger partial charge in [0.2, 0.25) is 0 Å². The van der Waals surface area contributed by atoms with E-state index >= 15 is 0 Å². The zero-order valence-corrected chi connectivity index (χ0v) is 21.7. The molecule has 0 fully saturated rings. The summed E-state index contributed by atoms with van der Waals surface area (Å²) < 4.78 is 22.0. The molecule has 0 spiro atoms. The SMILES string of the molecule is CCOc1ccc(NC(=O)COc2c(Br)cc(/C=N\NC(=O)C(=O)NCc3ccco3)cc2OC)cc1. The van der Waals surface area contributed by atoms with E-state index < -0.39 is 11.8 Å². The minimum absolute atomic E-state index is 0.0762. The van der Waals surface area contributed by atoms with Gasteiger partial charge in [0.05, 0.1) is 37.2 Å². The molecular weight excluding hydrogens is 548 g/mol. The number of amides is 3. The fourth-order valence-corrected chi connectivity index (χ4v) is 3.54. The van der Waals surface area contributed by atoms with Gasteiger partial charge in [-0.3, -0.25) is 14.4 Å². The van der Waals surface area contributed by atoms with Crippen LogP contribution in [0.4, 0.5) is 5.69 Å². The summed E-state index contributed by atoms with van der Waals surface area (Å²) >= 11 is 3.39. The molecule has 0 aliphatic carbocycles. The van der Waals surface area contributed by atoms with Crippen molar-refractivity contribution in [2.24, 2.45) is 5.10 Å². The second-order valence-electron chi connectivity index (χ2n) is 7.29. The van der Waals surface area contributed by atoms with E-state index in [0.717, 1.165) is 0 Å². The molecule has 37 heavy (non-hydrogen) atoms. The summed E-state index contributed by atoms with van der Waals surface area (Å²) in [6, 6.07) is 13.6. The van der Waals surface area contributed by atoms with Gasteiger partial charge in [-0.2, -0.15) is 5.10 Å². The Morgan fingerprint density at radius 3 is 2.54 bits per heavy atom. The summed E-state index contributed by atoms with van der Waals surface area (Å²) in [5, 5.41) is 8.95. The lowest BCUT2D eigenvalue weighted by molar-refractivity contribution is -0.139. The number of nitrogens with zero attached hydrogens (tertiary/aromatic N) is 1. The van der Waals surface area contributed by atoms with E-state index in [0.29, 0.717) is 45.3 Å². The van der Waals surface area contributed by atoms with Crippen molar-refractivity contribution in [2.75, 3.05) is 25.6 Å². The Kier molecular flexibility index (Phi) is 10.1. The molecule has 0 saturated heterocycles. The van der Waals surface area contributed by atoms with Crippen LogP contribution >= 0.6 is 15.9 Å². The van der Waals surface area contributed by atoms with Crippen LogP contribution in [0.1, 0.15) is 18.2 Å². The van der Waals surface area contributed by atoms with Crippen molar-refractivity contribution >= 4 is 45.6 Å². The van der Waals surface area contributed by atoms with E-state index in [1.807, 2.05) is 6.92 Å². The van der Waals surface area contributed by atoms with Crippen molar-refractivity contribution in [3.8, 4) is 17.2 Å². The molecule has 0 unspecified atom stereocenters. The maximum atomic E-state index is 12.3. The van der Waals surface area contributed by atoms with Crippen LogP contribution in [-0.4, -0.2) is 44.3 Å². The number of methoxy groups -OCH3 is 1. The van der Waals surface area contributed by atoms with Crippen LogP contribution in [0.2, 0.25) is 0 Å². The van der Waals surface area contributed by atoms with Gasteiger partial charge in [0.25, 0.3) is 5.91 Å². The molecule has 2 aromatic carbocycles. The molecule has 11 nitrogen and oxygen atoms in total. The highest BCUT2D eigenvalue weighted by molar-refractivity contribution is 9.10. The third kappa shape index (κ3) is 8.39. The smallest absolute Gasteiger partial charge is 0.329 e. The Morgan fingerprint density at radius 2 is 1.86 bits per heavy atom. The van der Waals surface area contributed by atoms with Gasteiger partial charge in [-0.25, -0.2) is 5.43 Å². The molecule has 1 heterocycles. The van der Waals surface area contributed by atoms with Crippen LogP contribution in [0.3, 0.4) is 0 Å². The van der Waals surface area contributed by atoms with Gasteiger partial charge in [-0.15, -0.1) is 0 Å². The number of hydrazone groups is 1. The molecule has 0 aliphatic heterocycles. The second-order valence-corrected chi connectivity index (χ2v) is 8.14. The normalized spacial score (nSPS) is 10.6. The van der Waals surface area contributed by atoms with Crippen molar-refractivity contribution in [1.82, 2.24) is 10.7 Å². The van der Waals surface area contributed by atoms with Gasteiger partial charge in [0.15, 0.2) is 18.1 Å². The number of furan rings is 1. The number of anilines is 1. The molecule has 3 rings (SSSR count). The third-order valence-electron chi connectivity index (χ3n) is 4.64. The average Bonchev–Trinajstić information content (AvgIpc) is 3.41. The topological polar surface area (TPSA) is 140 Å². The maximum Gasteiger partial charge on any atom is 0.329 e. The first-order valence-corrected chi connectivity index (χ1v) is 11.9. The quantitative estimate of drug-likeness (QED) is 0.182. The summed E-state index contributed by atoms with van der Waals surface area (Å²) in [6.45, 7) is 2.26. The standard InChI is InChI=1S/C25H25BrN4O7/c1-3-35-18-8-6-17(7-9-18)29-22(31)15-37-23-20(26)11-16(12-21(23)34-2)13-28-30-25(33)24(32)27-14-19-5-4-10-36-19/h4-13H,3,14-15H2,1-2H3,(H,27,32)(H,29,31)(H,30,33)/b28-13-. The summed E-state index contributed by atoms with van der Waals surface area (Å²) in [6.07, 6.45) is 2.79. The Balaban J connectivity index is 1.53. The number of carbonyl (C=O) groups is 3. The molecule has 0 aliphatic rings. The van der Waals surface area contributed by atoms with E-state index in [9.17, 15) is 14.4 Å². The molecule has 3 amide bonds. The molecule has 0 radical (unpaired) electrons. The van der Waals surface area contributed by atoms with Gasteiger partial charge in [-0.05, 0) is 76.9 Å². The monoisotopic (exact) mass is 572 g/mol. The number of rotatable bonds is 11. The summed E-state index contributed by atoms with van der Waals surface area (Å²) in [5.41, 5.74) is 3.28. The molecule has 0 atom stereocenters. The third-order valence-corrected chi connectivity index (χ3v) is 5.23. The average molecular weight is 573 g/mol. The molecule has 194 valence electrons. The number of nitrogens with one attached hydrogen (secondary N) is 3. The van der Waals surface area contributed by atoms with Gasteiger partial charge >= 0.3 is 11.8 Å². The summed E-state index contributed by atoms with van der Waals surface area (Å²) in [5.74, 6) is -0.307. The Labute approximate surface area is 221 Å². The number of benzene rings is 2. The first-order chi connectivity index (χ1) is 17.9. The molecule has 0 saturated carbocycles. The van der Waals surface area contributed by atoms with E-state index in [1.54, 1.807) is 48.5 Å². The van der Waals surface area contributed by atoms with Gasteiger partial charge in [0, 0.05) is 5.69 Å². The van der Waals surface area contributed by atoms with Gasteiger partial charge in [0.1, 0.15) is 11.5 Å². The zero-order valence-electron chi connectivity index (χ0n) is 20.1. The first kappa shape index (κ1) is 27.3. The predicted octanol–water partition coefficient (Wildman–Crippen LogP) is 3.23. The van der Waals surface area contributed by atoms with Crippen molar-refractivity contribution in [3.63, 3.8) is 0 Å². The highest BCUT2D eigenvalue weighted by Gasteiger charge is 2.15. The second kappa shape index (κ2) is 13.7. The molecule has 3 aromatic rings. The van der Waals surface area contributed by atoms with E-state index in [-0.39, 0.29) is 19.1 Å². The van der Waals surface area contributed by atoms with Crippen LogP contribution in [0.25, 0.3) is 0 Å². The van der Waals surface area contributed by atoms with Crippen LogP contribution < -0.4 is 30.3 Å².